The molecule has 0 spiro atoms. The van der Waals surface area contributed by atoms with Crippen LogP contribution in [-0.4, -0.2) is 29.9 Å². The molecule has 2 amide bonds. The number of ketones is 1. The lowest BCUT2D eigenvalue weighted by Crippen LogP contribution is -2.23. The van der Waals surface area contributed by atoms with Gasteiger partial charge in [-0.15, -0.1) is 11.8 Å². The van der Waals surface area contributed by atoms with Gasteiger partial charge in [-0.25, -0.2) is 0 Å². The summed E-state index contributed by atoms with van der Waals surface area (Å²) in [6.07, 6.45) is 1.48. The smallest absolute Gasteiger partial charge is 0.227 e. The van der Waals surface area contributed by atoms with Crippen molar-refractivity contribution in [2.75, 3.05) is 22.5 Å². The zero-order valence-corrected chi connectivity index (χ0v) is 15.3. The molecule has 1 saturated heterocycles. The number of hydrogen-bond donors (Lipinski definition) is 1. The van der Waals surface area contributed by atoms with Crippen molar-refractivity contribution in [1.29, 1.82) is 0 Å². The van der Waals surface area contributed by atoms with E-state index >= 15 is 0 Å². The summed E-state index contributed by atoms with van der Waals surface area (Å²) in [7, 11) is 0. The summed E-state index contributed by atoms with van der Waals surface area (Å²) in [5, 5.41) is 2.71. The van der Waals surface area contributed by atoms with Gasteiger partial charge in [0.2, 0.25) is 11.8 Å². The van der Waals surface area contributed by atoms with Gasteiger partial charge in [-0.1, -0.05) is 0 Å². The molecule has 6 heteroatoms. The van der Waals surface area contributed by atoms with Gasteiger partial charge in [0.1, 0.15) is 0 Å². The lowest BCUT2D eigenvalue weighted by molar-refractivity contribution is -0.117. The monoisotopic (exact) mass is 368 g/mol. The fourth-order valence-corrected chi connectivity index (χ4v) is 3.61. The van der Waals surface area contributed by atoms with Gasteiger partial charge in [0, 0.05) is 41.7 Å². The van der Waals surface area contributed by atoms with Gasteiger partial charge in [0.25, 0.3) is 0 Å². The average Bonchev–Trinajstić information content (AvgIpc) is 3.06. The van der Waals surface area contributed by atoms with Crippen LogP contribution < -0.4 is 10.2 Å². The minimum Gasteiger partial charge on any atom is -0.326 e. The van der Waals surface area contributed by atoms with Gasteiger partial charge in [0.15, 0.2) is 5.78 Å². The molecule has 0 unspecified atom stereocenters. The fraction of sp³-hybridized carbons (Fsp3) is 0.250. The van der Waals surface area contributed by atoms with Gasteiger partial charge in [0.05, 0.1) is 5.75 Å². The van der Waals surface area contributed by atoms with Crippen molar-refractivity contribution >= 4 is 40.7 Å². The fourth-order valence-electron chi connectivity index (χ4n) is 2.82. The number of carbonyl (C=O) groups is 3. The number of hydrogen-bond acceptors (Lipinski definition) is 4. The predicted molar refractivity (Wildman–Crippen MR) is 104 cm³/mol. The van der Waals surface area contributed by atoms with Crippen molar-refractivity contribution in [3.05, 3.63) is 54.1 Å². The largest absolute Gasteiger partial charge is 0.326 e. The first kappa shape index (κ1) is 18.2. The summed E-state index contributed by atoms with van der Waals surface area (Å²) in [5.41, 5.74) is 2.23. The molecule has 3 rings (SSSR count). The van der Waals surface area contributed by atoms with Crippen molar-refractivity contribution in [2.24, 2.45) is 0 Å². The van der Waals surface area contributed by atoms with Crippen molar-refractivity contribution in [3.63, 3.8) is 0 Å². The van der Waals surface area contributed by atoms with E-state index in [1.54, 1.807) is 17.0 Å². The number of benzene rings is 2. The van der Waals surface area contributed by atoms with E-state index in [9.17, 15) is 14.4 Å². The minimum atomic E-state index is -0.111. The number of rotatable bonds is 6. The number of nitrogens with one attached hydrogen (secondary N) is 1. The van der Waals surface area contributed by atoms with E-state index in [0.717, 1.165) is 29.2 Å². The van der Waals surface area contributed by atoms with Crippen LogP contribution in [0.1, 0.15) is 30.1 Å². The molecule has 1 N–H and O–H groups in total. The standard InChI is InChI=1S/C20H20N2O3S/c1-14(23)21-16-6-10-18(11-7-16)26-13-19(24)15-4-8-17(9-5-15)22-12-2-3-20(22)25/h4-11H,2-3,12-13H2,1H3,(H,21,23). The van der Waals surface area contributed by atoms with Gasteiger partial charge < -0.3 is 10.2 Å². The summed E-state index contributed by atoms with van der Waals surface area (Å²) < 4.78 is 0. The molecule has 1 aliphatic heterocycles. The average molecular weight is 368 g/mol. The van der Waals surface area contributed by atoms with Crippen LogP contribution in [0.25, 0.3) is 0 Å². The van der Waals surface area contributed by atoms with Gasteiger partial charge in [-0.2, -0.15) is 0 Å². The Balaban J connectivity index is 1.56. The first-order valence-corrected chi connectivity index (χ1v) is 9.45. The first-order valence-electron chi connectivity index (χ1n) is 8.47. The lowest BCUT2D eigenvalue weighted by atomic mass is 10.1. The van der Waals surface area contributed by atoms with E-state index in [1.807, 2.05) is 36.4 Å². The number of Topliss-reactive ketones (excluding diaryl/α,β-unsaturated/α-hetero) is 1. The zero-order valence-electron chi connectivity index (χ0n) is 14.5. The van der Waals surface area contributed by atoms with Gasteiger partial charge in [-0.05, 0) is 55.0 Å². The van der Waals surface area contributed by atoms with E-state index in [0.29, 0.717) is 17.7 Å². The molecule has 26 heavy (non-hydrogen) atoms. The summed E-state index contributed by atoms with van der Waals surface area (Å²) in [5.74, 6) is 0.406. The highest BCUT2D eigenvalue weighted by Gasteiger charge is 2.21. The maximum Gasteiger partial charge on any atom is 0.227 e. The second-order valence-corrected chi connectivity index (χ2v) is 7.16. The first-order chi connectivity index (χ1) is 12.5. The molecule has 2 aromatic carbocycles. The molecular weight excluding hydrogens is 348 g/mol. The Morgan fingerprint density at radius 3 is 2.35 bits per heavy atom. The van der Waals surface area contributed by atoms with E-state index in [4.69, 9.17) is 0 Å². The second kappa shape index (κ2) is 8.19. The third-order valence-electron chi connectivity index (χ3n) is 4.12. The highest BCUT2D eigenvalue weighted by Crippen LogP contribution is 2.24. The number of nitrogens with zero attached hydrogens (tertiary/aromatic N) is 1. The molecule has 5 nitrogen and oxygen atoms in total. The Bertz CT molecular complexity index is 816. The Kier molecular flexibility index (Phi) is 5.73. The van der Waals surface area contributed by atoms with Gasteiger partial charge >= 0.3 is 0 Å². The van der Waals surface area contributed by atoms with Crippen LogP contribution in [-0.2, 0) is 9.59 Å². The normalized spacial score (nSPS) is 13.7. The Labute approximate surface area is 156 Å². The van der Waals surface area contributed by atoms with Crippen LogP contribution >= 0.6 is 11.8 Å². The molecule has 0 saturated carbocycles. The predicted octanol–water partition coefficient (Wildman–Crippen LogP) is 3.75. The Morgan fingerprint density at radius 1 is 1.08 bits per heavy atom. The number of thioether (sulfide) groups is 1. The molecule has 1 fully saturated rings. The summed E-state index contributed by atoms with van der Waals surface area (Å²) >= 11 is 1.45. The van der Waals surface area contributed by atoms with E-state index in [1.165, 1.54) is 18.7 Å². The van der Waals surface area contributed by atoms with Crippen LogP contribution in [0.3, 0.4) is 0 Å². The summed E-state index contributed by atoms with van der Waals surface area (Å²) in [6, 6.07) is 14.6. The maximum absolute atomic E-state index is 12.4. The van der Waals surface area contributed by atoms with Gasteiger partial charge in [-0.3, -0.25) is 14.4 Å². The summed E-state index contributed by atoms with van der Waals surface area (Å²) in [4.78, 5) is 37.9. The molecule has 0 bridgehead atoms. The van der Waals surface area contributed by atoms with Crippen LogP contribution in [0.5, 0.6) is 0 Å². The topological polar surface area (TPSA) is 66.5 Å². The van der Waals surface area contributed by atoms with Crippen molar-refractivity contribution in [1.82, 2.24) is 0 Å². The zero-order chi connectivity index (χ0) is 18.5. The molecule has 1 aliphatic rings. The summed E-state index contributed by atoms with van der Waals surface area (Å²) in [6.45, 7) is 2.21. The molecule has 0 radical (unpaired) electrons. The third kappa shape index (κ3) is 4.52. The number of anilines is 2. The van der Waals surface area contributed by atoms with Crippen LogP contribution in [0.4, 0.5) is 11.4 Å². The SMILES string of the molecule is CC(=O)Nc1ccc(SCC(=O)c2ccc(N3CCCC3=O)cc2)cc1. The molecule has 0 atom stereocenters. The van der Waals surface area contributed by atoms with Crippen molar-refractivity contribution < 1.29 is 14.4 Å². The van der Waals surface area contributed by atoms with Crippen LogP contribution in [0.15, 0.2) is 53.4 Å². The van der Waals surface area contributed by atoms with Crippen LogP contribution in [0, 0.1) is 0 Å². The second-order valence-electron chi connectivity index (χ2n) is 6.11. The third-order valence-corrected chi connectivity index (χ3v) is 5.13. The molecular formula is C20H20N2O3S. The van der Waals surface area contributed by atoms with Crippen molar-refractivity contribution in [3.8, 4) is 0 Å². The molecule has 2 aromatic rings. The van der Waals surface area contributed by atoms with Crippen molar-refractivity contribution in [2.45, 2.75) is 24.7 Å². The Hall–Kier alpha value is -2.60. The highest BCUT2D eigenvalue weighted by atomic mass is 32.2. The number of carbonyl (C=O) groups excluding carboxylic acids is 3. The molecule has 134 valence electrons. The lowest BCUT2D eigenvalue weighted by Gasteiger charge is -2.15. The quantitative estimate of drug-likeness (QED) is 0.623. The van der Waals surface area contributed by atoms with Crippen LogP contribution in [0.2, 0.25) is 0 Å². The molecule has 0 aromatic heterocycles. The Morgan fingerprint density at radius 2 is 1.77 bits per heavy atom. The van der Waals surface area contributed by atoms with E-state index in [2.05, 4.69) is 5.32 Å². The molecule has 0 aliphatic carbocycles. The minimum absolute atomic E-state index is 0.0419. The maximum atomic E-state index is 12.4. The number of amides is 2. The van der Waals surface area contributed by atoms with E-state index in [-0.39, 0.29) is 17.6 Å². The molecule has 1 heterocycles. The highest BCUT2D eigenvalue weighted by molar-refractivity contribution is 8.00. The van der Waals surface area contributed by atoms with E-state index < -0.39 is 0 Å².